The molecule has 1 aromatic heterocycles. The number of fused-ring (bicyclic) bond motifs is 1. The van der Waals surface area contributed by atoms with E-state index in [2.05, 4.69) is 0 Å². The monoisotopic (exact) mass is 330 g/mol. The Hall–Kier alpha value is -2.70. The smallest absolute Gasteiger partial charge is 0.326 e. The summed E-state index contributed by atoms with van der Waals surface area (Å²) in [6.45, 7) is -0.855. The van der Waals surface area contributed by atoms with E-state index in [0.717, 1.165) is 4.90 Å². The molecule has 0 spiro atoms. The molecule has 24 heavy (non-hydrogen) atoms. The van der Waals surface area contributed by atoms with Gasteiger partial charge < -0.3 is 9.30 Å². The van der Waals surface area contributed by atoms with Crippen molar-refractivity contribution in [2.75, 3.05) is 13.2 Å². The molecule has 0 bridgehead atoms. The van der Waals surface area contributed by atoms with Gasteiger partial charge in [0.2, 0.25) is 17.6 Å². The topological polar surface area (TPSA) is 85.7 Å². The molecule has 2 heterocycles. The molecule has 7 heteroatoms. The lowest BCUT2D eigenvalue weighted by atomic mass is 9.85. The van der Waals surface area contributed by atoms with Gasteiger partial charge >= 0.3 is 5.97 Å². The van der Waals surface area contributed by atoms with Crippen LogP contribution in [-0.4, -0.2) is 46.2 Å². The van der Waals surface area contributed by atoms with Crippen LogP contribution >= 0.6 is 0 Å². The minimum Gasteiger partial charge on any atom is -0.456 e. The van der Waals surface area contributed by atoms with Crippen molar-refractivity contribution in [2.24, 2.45) is 18.9 Å². The first-order chi connectivity index (χ1) is 11.5. The fourth-order valence-electron chi connectivity index (χ4n) is 3.17. The van der Waals surface area contributed by atoms with E-state index in [1.165, 1.54) is 0 Å². The Morgan fingerprint density at radius 1 is 1.17 bits per heavy atom. The van der Waals surface area contributed by atoms with Gasteiger partial charge in [0.25, 0.3) is 0 Å². The van der Waals surface area contributed by atoms with E-state index in [0.29, 0.717) is 18.5 Å². The molecule has 0 unspecified atom stereocenters. The maximum Gasteiger partial charge on any atom is 0.326 e. The standard InChI is InChI=1S/C17H18N2O5/c1-18-8-4-7-13(18)14(20)10-24-15(21)9-19-16(22)11-5-2-3-6-12(11)17(19)23/h2-4,7-8,11-12H,5-6,9-10H2,1H3/t11-,12-/m1/s1. The Kier molecular flexibility index (Phi) is 4.33. The van der Waals surface area contributed by atoms with E-state index >= 15 is 0 Å². The fraction of sp³-hybridized carbons (Fsp3) is 0.412. The Bertz CT molecular complexity index is 707. The van der Waals surface area contributed by atoms with E-state index in [1.54, 1.807) is 29.9 Å². The van der Waals surface area contributed by atoms with Crippen molar-refractivity contribution in [3.63, 3.8) is 0 Å². The molecule has 1 aliphatic heterocycles. The molecule has 0 aromatic carbocycles. The van der Waals surface area contributed by atoms with Crippen molar-refractivity contribution in [1.29, 1.82) is 0 Å². The summed E-state index contributed by atoms with van der Waals surface area (Å²) in [5.41, 5.74) is 0.424. The second-order valence-corrected chi connectivity index (χ2v) is 6.01. The van der Waals surface area contributed by atoms with Gasteiger partial charge in [-0.05, 0) is 25.0 Å². The highest BCUT2D eigenvalue weighted by Crippen LogP contribution is 2.34. The number of likely N-dealkylation sites (tertiary alicyclic amines) is 1. The number of Topliss-reactive ketones (excluding diaryl/α,β-unsaturated/α-hetero) is 1. The normalized spacial score (nSPS) is 22.6. The van der Waals surface area contributed by atoms with Crippen molar-refractivity contribution in [1.82, 2.24) is 9.47 Å². The first-order valence-corrected chi connectivity index (χ1v) is 7.79. The van der Waals surface area contributed by atoms with Gasteiger partial charge in [-0.2, -0.15) is 0 Å². The highest BCUT2D eigenvalue weighted by molar-refractivity contribution is 6.07. The van der Waals surface area contributed by atoms with Gasteiger partial charge in [0.15, 0.2) is 6.61 Å². The van der Waals surface area contributed by atoms with Crippen LogP contribution in [-0.2, 0) is 26.2 Å². The van der Waals surface area contributed by atoms with Crippen LogP contribution in [0.3, 0.4) is 0 Å². The molecule has 0 radical (unpaired) electrons. The van der Waals surface area contributed by atoms with Crippen LogP contribution in [0.2, 0.25) is 0 Å². The lowest BCUT2D eigenvalue weighted by Gasteiger charge is -2.14. The largest absolute Gasteiger partial charge is 0.456 e. The number of imide groups is 1. The Labute approximate surface area is 138 Å². The van der Waals surface area contributed by atoms with Crippen LogP contribution in [0.15, 0.2) is 30.5 Å². The van der Waals surface area contributed by atoms with E-state index in [9.17, 15) is 19.2 Å². The van der Waals surface area contributed by atoms with Crippen molar-refractivity contribution >= 4 is 23.6 Å². The van der Waals surface area contributed by atoms with Crippen LogP contribution < -0.4 is 0 Å². The number of carbonyl (C=O) groups is 4. The summed E-state index contributed by atoms with van der Waals surface area (Å²) >= 11 is 0. The van der Waals surface area contributed by atoms with Gasteiger partial charge in [-0.1, -0.05) is 12.2 Å². The number of esters is 1. The van der Waals surface area contributed by atoms with Crippen LogP contribution in [0, 0.1) is 11.8 Å². The number of hydrogen-bond donors (Lipinski definition) is 0. The summed E-state index contributed by atoms with van der Waals surface area (Å²) in [6, 6.07) is 3.34. The lowest BCUT2D eigenvalue weighted by Crippen LogP contribution is -2.37. The average Bonchev–Trinajstić information content (AvgIpc) is 3.11. The van der Waals surface area contributed by atoms with E-state index in [1.807, 2.05) is 12.2 Å². The SMILES string of the molecule is Cn1cccc1C(=O)COC(=O)CN1C(=O)[C@@H]2CC=CC[C@H]2C1=O. The highest BCUT2D eigenvalue weighted by atomic mass is 16.5. The Morgan fingerprint density at radius 2 is 1.79 bits per heavy atom. The van der Waals surface area contributed by atoms with Gasteiger partial charge in [-0.15, -0.1) is 0 Å². The summed E-state index contributed by atoms with van der Waals surface area (Å²) in [5, 5.41) is 0. The second-order valence-electron chi connectivity index (χ2n) is 6.01. The lowest BCUT2D eigenvalue weighted by molar-refractivity contribution is -0.152. The molecular formula is C17H18N2O5. The third-order valence-electron chi connectivity index (χ3n) is 4.48. The molecule has 2 aliphatic rings. The first kappa shape index (κ1) is 16.2. The maximum atomic E-state index is 12.2. The molecule has 1 aliphatic carbocycles. The molecule has 126 valence electrons. The van der Waals surface area contributed by atoms with Gasteiger partial charge in [0.1, 0.15) is 6.54 Å². The zero-order valence-corrected chi connectivity index (χ0v) is 13.3. The van der Waals surface area contributed by atoms with Crippen molar-refractivity contribution in [2.45, 2.75) is 12.8 Å². The van der Waals surface area contributed by atoms with Gasteiger partial charge in [0.05, 0.1) is 17.5 Å². The summed E-state index contributed by atoms with van der Waals surface area (Å²) in [7, 11) is 1.71. The molecule has 1 saturated heterocycles. The summed E-state index contributed by atoms with van der Waals surface area (Å²) in [6.07, 6.45) is 6.52. The van der Waals surface area contributed by atoms with Gasteiger partial charge in [-0.3, -0.25) is 24.1 Å². The third kappa shape index (κ3) is 2.89. The summed E-state index contributed by atoms with van der Waals surface area (Å²) in [4.78, 5) is 49.3. The summed E-state index contributed by atoms with van der Waals surface area (Å²) in [5.74, 6) is -2.51. The molecule has 7 nitrogen and oxygen atoms in total. The molecular weight excluding hydrogens is 312 g/mol. The second kappa shape index (κ2) is 6.43. The zero-order valence-electron chi connectivity index (χ0n) is 13.3. The molecule has 1 aromatic rings. The van der Waals surface area contributed by atoms with Crippen LogP contribution in [0.25, 0.3) is 0 Å². The van der Waals surface area contributed by atoms with Gasteiger partial charge in [0, 0.05) is 13.2 Å². The minimum atomic E-state index is -0.758. The number of nitrogens with zero attached hydrogens (tertiary/aromatic N) is 2. The van der Waals surface area contributed by atoms with E-state index < -0.39 is 19.1 Å². The van der Waals surface area contributed by atoms with Crippen LogP contribution in [0.1, 0.15) is 23.3 Å². The number of aryl methyl sites for hydroxylation is 1. The number of ether oxygens (including phenoxy) is 1. The van der Waals surface area contributed by atoms with Crippen molar-refractivity contribution in [3.8, 4) is 0 Å². The molecule has 1 fully saturated rings. The zero-order chi connectivity index (χ0) is 17.3. The number of aromatic nitrogens is 1. The van der Waals surface area contributed by atoms with Crippen molar-refractivity contribution in [3.05, 3.63) is 36.2 Å². The van der Waals surface area contributed by atoms with E-state index in [-0.39, 0.29) is 29.4 Å². The Balaban J connectivity index is 1.56. The molecule has 2 atom stereocenters. The van der Waals surface area contributed by atoms with Crippen molar-refractivity contribution < 1.29 is 23.9 Å². The predicted octanol–water partition coefficient (Wildman–Crippen LogP) is 0.702. The number of amides is 2. The number of rotatable bonds is 5. The molecule has 3 rings (SSSR count). The molecule has 0 saturated carbocycles. The third-order valence-corrected chi connectivity index (χ3v) is 4.48. The quantitative estimate of drug-likeness (QED) is 0.343. The molecule has 0 N–H and O–H groups in total. The molecule has 2 amide bonds. The number of ketones is 1. The van der Waals surface area contributed by atoms with Crippen LogP contribution in [0.4, 0.5) is 0 Å². The first-order valence-electron chi connectivity index (χ1n) is 7.79. The maximum absolute atomic E-state index is 12.2. The Morgan fingerprint density at radius 3 is 2.33 bits per heavy atom. The average molecular weight is 330 g/mol. The predicted molar refractivity (Wildman–Crippen MR) is 82.8 cm³/mol. The number of allylic oxidation sites excluding steroid dienone is 2. The highest BCUT2D eigenvalue weighted by Gasteiger charge is 2.47. The number of carbonyl (C=O) groups excluding carboxylic acids is 4. The summed E-state index contributed by atoms with van der Waals surface area (Å²) < 4.78 is 6.56. The fourth-order valence-corrected chi connectivity index (χ4v) is 3.17. The van der Waals surface area contributed by atoms with Crippen LogP contribution in [0.5, 0.6) is 0 Å². The minimum absolute atomic E-state index is 0.333. The van der Waals surface area contributed by atoms with Gasteiger partial charge in [-0.25, -0.2) is 0 Å². The number of hydrogen-bond acceptors (Lipinski definition) is 5. The van der Waals surface area contributed by atoms with E-state index in [4.69, 9.17) is 4.74 Å².